The van der Waals surface area contributed by atoms with Crippen LogP contribution >= 0.6 is 0 Å². The van der Waals surface area contributed by atoms with Gasteiger partial charge in [0.2, 0.25) is 0 Å². The molecule has 0 aromatic carbocycles. The summed E-state index contributed by atoms with van der Waals surface area (Å²) in [5.74, 6) is 0.455. The molecule has 0 bridgehead atoms. The van der Waals surface area contributed by atoms with E-state index in [1.54, 1.807) is 22.8 Å². The SMILES string of the molecule is Cc1cc(C)n(CCN(C)C(=O)c2cn(CC3CCCNC3)nn2)n1. The standard InChI is InChI=1S/C17H27N7O/c1-13-9-14(2)24(20-13)8-7-22(3)17(25)16-12-23(21-19-16)11-15-5-4-6-18-10-15/h9,12,15,18H,4-8,10-11H2,1-3H3. The van der Waals surface area contributed by atoms with Gasteiger partial charge in [-0.25, -0.2) is 0 Å². The Morgan fingerprint density at radius 2 is 2.28 bits per heavy atom. The molecule has 25 heavy (non-hydrogen) atoms. The number of aromatic nitrogens is 5. The number of nitrogens with one attached hydrogen (secondary N) is 1. The van der Waals surface area contributed by atoms with Gasteiger partial charge in [0.25, 0.3) is 5.91 Å². The first kappa shape index (κ1) is 17.6. The highest BCUT2D eigenvalue weighted by molar-refractivity contribution is 5.91. The second-order valence-corrected chi connectivity index (χ2v) is 6.92. The zero-order valence-corrected chi connectivity index (χ0v) is 15.3. The quantitative estimate of drug-likeness (QED) is 0.840. The molecule has 1 amide bonds. The third-order valence-electron chi connectivity index (χ3n) is 4.70. The minimum atomic E-state index is -0.102. The Morgan fingerprint density at radius 3 is 2.96 bits per heavy atom. The lowest BCUT2D eigenvalue weighted by Gasteiger charge is -2.22. The van der Waals surface area contributed by atoms with Crippen LogP contribution in [0.25, 0.3) is 0 Å². The first-order valence-electron chi connectivity index (χ1n) is 8.90. The van der Waals surface area contributed by atoms with Crippen molar-refractivity contribution in [2.45, 2.75) is 39.8 Å². The molecule has 1 unspecified atom stereocenters. The molecule has 1 N–H and O–H groups in total. The van der Waals surface area contributed by atoms with Crippen LogP contribution in [-0.4, -0.2) is 62.3 Å². The van der Waals surface area contributed by atoms with Crippen LogP contribution in [0.5, 0.6) is 0 Å². The van der Waals surface area contributed by atoms with Gasteiger partial charge in [0, 0.05) is 25.8 Å². The fraction of sp³-hybridized carbons (Fsp3) is 0.647. The summed E-state index contributed by atoms with van der Waals surface area (Å²) < 4.78 is 3.71. The van der Waals surface area contributed by atoms with E-state index < -0.39 is 0 Å². The number of hydrogen-bond acceptors (Lipinski definition) is 5. The van der Waals surface area contributed by atoms with Gasteiger partial charge in [-0.3, -0.25) is 14.2 Å². The summed E-state index contributed by atoms with van der Waals surface area (Å²) in [7, 11) is 1.79. The molecule has 1 saturated heterocycles. The van der Waals surface area contributed by atoms with Crippen molar-refractivity contribution < 1.29 is 4.79 Å². The molecule has 0 saturated carbocycles. The summed E-state index contributed by atoms with van der Waals surface area (Å²) in [6.07, 6.45) is 4.15. The molecule has 136 valence electrons. The molecule has 2 aromatic heterocycles. The molecule has 2 aromatic rings. The number of piperidine rings is 1. The van der Waals surface area contributed by atoms with Gasteiger partial charge < -0.3 is 10.2 Å². The van der Waals surface area contributed by atoms with Gasteiger partial charge in [-0.15, -0.1) is 5.10 Å². The van der Waals surface area contributed by atoms with Crippen molar-refractivity contribution in [2.24, 2.45) is 5.92 Å². The molecule has 8 heteroatoms. The van der Waals surface area contributed by atoms with E-state index in [-0.39, 0.29) is 5.91 Å². The maximum atomic E-state index is 12.5. The van der Waals surface area contributed by atoms with Gasteiger partial charge in [-0.05, 0) is 51.8 Å². The van der Waals surface area contributed by atoms with E-state index in [0.29, 0.717) is 24.7 Å². The average Bonchev–Trinajstić information content (AvgIpc) is 3.19. The van der Waals surface area contributed by atoms with Crippen LogP contribution in [0.1, 0.15) is 34.7 Å². The van der Waals surface area contributed by atoms with E-state index >= 15 is 0 Å². The smallest absolute Gasteiger partial charge is 0.275 e. The largest absolute Gasteiger partial charge is 0.338 e. The number of hydrogen-bond donors (Lipinski definition) is 1. The van der Waals surface area contributed by atoms with Crippen molar-refractivity contribution in [1.82, 2.24) is 35.0 Å². The summed E-state index contributed by atoms with van der Waals surface area (Å²) in [6.45, 7) is 8.15. The number of nitrogens with zero attached hydrogens (tertiary/aromatic N) is 6. The van der Waals surface area contributed by atoms with E-state index in [2.05, 4.69) is 20.7 Å². The van der Waals surface area contributed by atoms with Gasteiger partial charge in [-0.2, -0.15) is 5.10 Å². The number of aryl methyl sites for hydroxylation is 2. The van der Waals surface area contributed by atoms with Gasteiger partial charge >= 0.3 is 0 Å². The summed E-state index contributed by atoms with van der Waals surface area (Å²) >= 11 is 0. The summed E-state index contributed by atoms with van der Waals surface area (Å²) in [6, 6.07) is 2.04. The highest BCUT2D eigenvalue weighted by Crippen LogP contribution is 2.12. The average molecular weight is 345 g/mol. The summed E-state index contributed by atoms with van der Waals surface area (Å²) in [5, 5.41) is 16.0. The fourth-order valence-electron chi connectivity index (χ4n) is 3.27. The van der Waals surface area contributed by atoms with Crippen LogP contribution in [0.4, 0.5) is 0 Å². The number of amides is 1. The molecule has 3 heterocycles. The Bertz CT molecular complexity index is 714. The van der Waals surface area contributed by atoms with Crippen molar-refractivity contribution in [1.29, 1.82) is 0 Å². The van der Waals surface area contributed by atoms with Gasteiger partial charge in [-0.1, -0.05) is 5.21 Å². The second kappa shape index (κ2) is 7.77. The van der Waals surface area contributed by atoms with Crippen LogP contribution in [0.2, 0.25) is 0 Å². The predicted molar refractivity (Wildman–Crippen MR) is 94.3 cm³/mol. The van der Waals surface area contributed by atoms with Crippen molar-refractivity contribution in [3.63, 3.8) is 0 Å². The van der Waals surface area contributed by atoms with Gasteiger partial charge in [0.15, 0.2) is 5.69 Å². The Labute approximate surface area is 148 Å². The first-order valence-corrected chi connectivity index (χ1v) is 8.90. The maximum Gasteiger partial charge on any atom is 0.275 e. The zero-order valence-electron chi connectivity index (χ0n) is 15.3. The third kappa shape index (κ3) is 4.45. The van der Waals surface area contributed by atoms with Gasteiger partial charge in [0.1, 0.15) is 0 Å². The van der Waals surface area contributed by atoms with E-state index in [1.165, 1.54) is 12.8 Å². The van der Waals surface area contributed by atoms with Crippen molar-refractivity contribution in [3.05, 3.63) is 29.3 Å². The van der Waals surface area contributed by atoms with Crippen LogP contribution in [0, 0.1) is 19.8 Å². The fourth-order valence-corrected chi connectivity index (χ4v) is 3.27. The van der Waals surface area contributed by atoms with Crippen molar-refractivity contribution in [2.75, 3.05) is 26.7 Å². The lowest BCUT2D eigenvalue weighted by Crippen LogP contribution is -2.32. The molecule has 0 radical (unpaired) electrons. The summed E-state index contributed by atoms with van der Waals surface area (Å²) in [4.78, 5) is 14.2. The highest BCUT2D eigenvalue weighted by atomic mass is 16.2. The molecule has 3 rings (SSSR count). The zero-order chi connectivity index (χ0) is 17.8. The van der Waals surface area contributed by atoms with Crippen LogP contribution in [0.3, 0.4) is 0 Å². The molecule has 1 fully saturated rings. The van der Waals surface area contributed by atoms with Crippen LogP contribution in [-0.2, 0) is 13.1 Å². The second-order valence-electron chi connectivity index (χ2n) is 6.92. The number of carbonyl (C=O) groups excluding carboxylic acids is 1. The predicted octanol–water partition coefficient (Wildman–Crippen LogP) is 0.863. The van der Waals surface area contributed by atoms with E-state index in [4.69, 9.17) is 0 Å². The van der Waals surface area contributed by atoms with Crippen LogP contribution < -0.4 is 5.32 Å². The Kier molecular flexibility index (Phi) is 5.47. The number of rotatable bonds is 6. The lowest BCUT2D eigenvalue weighted by atomic mass is 10.00. The van der Waals surface area contributed by atoms with Gasteiger partial charge in [0.05, 0.1) is 18.4 Å². The number of likely N-dealkylation sites (N-methyl/N-ethyl adjacent to an activating group) is 1. The molecular weight excluding hydrogens is 318 g/mol. The Morgan fingerprint density at radius 1 is 1.44 bits per heavy atom. The highest BCUT2D eigenvalue weighted by Gasteiger charge is 2.18. The molecular formula is C17H27N7O. The molecule has 1 atom stereocenters. The summed E-state index contributed by atoms with van der Waals surface area (Å²) in [5.41, 5.74) is 2.50. The molecule has 1 aliphatic rings. The molecule has 0 aliphatic carbocycles. The topological polar surface area (TPSA) is 80.9 Å². The minimum Gasteiger partial charge on any atom is -0.338 e. The third-order valence-corrected chi connectivity index (χ3v) is 4.70. The minimum absolute atomic E-state index is 0.102. The molecule has 1 aliphatic heterocycles. The first-order chi connectivity index (χ1) is 12.0. The van der Waals surface area contributed by atoms with E-state index in [9.17, 15) is 4.79 Å². The Hall–Kier alpha value is -2.22. The van der Waals surface area contributed by atoms with Crippen LogP contribution in [0.15, 0.2) is 12.3 Å². The molecule has 8 nitrogen and oxygen atoms in total. The van der Waals surface area contributed by atoms with E-state index in [0.717, 1.165) is 31.0 Å². The monoisotopic (exact) mass is 345 g/mol. The van der Waals surface area contributed by atoms with E-state index in [1.807, 2.05) is 24.6 Å². The maximum absolute atomic E-state index is 12.5. The number of carbonyl (C=O) groups is 1. The lowest BCUT2D eigenvalue weighted by molar-refractivity contribution is 0.0783. The van der Waals surface area contributed by atoms with Crippen molar-refractivity contribution in [3.8, 4) is 0 Å². The normalized spacial score (nSPS) is 17.6. The Balaban J connectivity index is 1.54. The molecule has 0 spiro atoms. The van der Waals surface area contributed by atoms with Crippen molar-refractivity contribution >= 4 is 5.91 Å².